The molecule has 0 saturated carbocycles. The van der Waals surface area contributed by atoms with Crippen molar-refractivity contribution in [2.45, 2.75) is 51.5 Å². The Labute approximate surface area is 195 Å². The molecule has 5 rings (SSSR count). The fraction of sp³-hybridized carbons (Fsp3) is 0.296. The van der Waals surface area contributed by atoms with Gasteiger partial charge in [0.15, 0.2) is 0 Å². The molecule has 6 nitrogen and oxygen atoms in total. The van der Waals surface area contributed by atoms with E-state index in [-0.39, 0.29) is 0 Å². The van der Waals surface area contributed by atoms with Gasteiger partial charge in [0.1, 0.15) is 5.82 Å². The number of nitrogens with zero attached hydrogens (tertiary/aromatic N) is 4. The normalized spacial score (nSPS) is 15.5. The summed E-state index contributed by atoms with van der Waals surface area (Å²) < 4.78 is 0. The molecule has 6 heteroatoms. The molecule has 0 spiro atoms. The molecule has 0 amide bonds. The Bertz CT molecular complexity index is 1130. The summed E-state index contributed by atoms with van der Waals surface area (Å²) in [6, 6.07) is 19.7. The van der Waals surface area contributed by atoms with Crippen LogP contribution in [0.3, 0.4) is 0 Å². The van der Waals surface area contributed by atoms with Crippen LogP contribution in [-0.4, -0.2) is 24.8 Å². The fourth-order valence-electron chi connectivity index (χ4n) is 4.63. The van der Waals surface area contributed by atoms with Gasteiger partial charge in [-0.25, -0.2) is 4.98 Å². The number of rotatable bonds is 9. The second-order valence-corrected chi connectivity index (χ2v) is 8.64. The first-order valence-corrected chi connectivity index (χ1v) is 11.7. The minimum Gasteiger partial charge on any atom is -0.348 e. The Kier molecular flexibility index (Phi) is 6.85. The fourth-order valence-corrected chi connectivity index (χ4v) is 4.63. The number of hydrogen-bond acceptors (Lipinski definition) is 5. The molecule has 1 aliphatic rings. The maximum absolute atomic E-state index is 4.80. The van der Waals surface area contributed by atoms with Crippen LogP contribution in [0.2, 0.25) is 0 Å². The van der Waals surface area contributed by atoms with Crippen LogP contribution >= 0.6 is 0 Å². The number of H-pyrrole nitrogens is 1. The van der Waals surface area contributed by atoms with E-state index in [2.05, 4.69) is 73.7 Å². The summed E-state index contributed by atoms with van der Waals surface area (Å²) in [5.41, 5.74) is 6.30. The van der Waals surface area contributed by atoms with E-state index in [1.807, 2.05) is 24.7 Å². The topological polar surface area (TPSA) is 69.7 Å². The van der Waals surface area contributed by atoms with Gasteiger partial charge in [-0.1, -0.05) is 36.4 Å². The molecule has 1 aromatic carbocycles. The van der Waals surface area contributed by atoms with Crippen LogP contribution in [0.4, 0.5) is 0 Å². The third-order valence-electron chi connectivity index (χ3n) is 6.28. The van der Waals surface area contributed by atoms with Gasteiger partial charge in [0.05, 0.1) is 24.0 Å². The van der Waals surface area contributed by atoms with Crippen molar-refractivity contribution in [3.8, 4) is 0 Å². The number of aromatic nitrogens is 4. The van der Waals surface area contributed by atoms with Gasteiger partial charge in [0.2, 0.25) is 0 Å². The highest BCUT2D eigenvalue weighted by Crippen LogP contribution is 2.34. The van der Waals surface area contributed by atoms with Crippen LogP contribution in [0.5, 0.6) is 0 Å². The van der Waals surface area contributed by atoms with Crippen LogP contribution in [0.1, 0.15) is 52.8 Å². The molecule has 33 heavy (non-hydrogen) atoms. The van der Waals surface area contributed by atoms with Gasteiger partial charge < -0.3 is 10.3 Å². The molecule has 1 aliphatic carbocycles. The summed E-state index contributed by atoms with van der Waals surface area (Å²) in [5, 5.41) is 3.44. The summed E-state index contributed by atoms with van der Waals surface area (Å²) in [5.74, 6) is 0.957. The van der Waals surface area contributed by atoms with Crippen molar-refractivity contribution in [2.75, 3.05) is 0 Å². The number of nitrogens with one attached hydrogen (secondary N) is 2. The van der Waals surface area contributed by atoms with E-state index in [1.54, 1.807) is 6.20 Å². The molecule has 2 N–H and O–H groups in total. The monoisotopic (exact) mass is 438 g/mol. The third-order valence-corrected chi connectivity index (χ3v) is 6.28. The average Bonchev–Trinajstić information content (AvgIpc) is 3.39. The van der Waals surface area contributed by atoms with Crippen molar-refractivity contribution in [2.24, 2.45) is 0 Å². The van der Waals surface area contributed by atoms with Gasteiger partial charge in [-0.15, -0.1) is 0 Å². The highest BCUT2D eigenvalue weighted by molar-refractivity contribution is 5.27. The van der Waals surface area contributed by atoms with Crippen molar-refractivity contribution >= 4 is 0 Å². The van der Waals surface area contributed by atoms with Crippen LogP contribution in [0.15, 0.2) is 79.4 Å². The first kappa shape index (κ1) is 21.5. The Morgan fingerprint density at radius 3 is 2.55 bits per heavy atom. The number of pyridine rings is 2. The molecule has 0 aliphatic heterocycles. The zero-order valence-corrected chi connectivity index (χ0v) is 18.8. The SMILES string of the molecule is c1ccc(CN(Cc2ccc(CNCc3ncc[nH]3)cc2)C2CCCc3cccnc32)nc1. The minimum absolute atomic E-state index is 0.312. The van der Waals surface area contributed by atoms with E-state index in [1.165, 1.54) is 28.8 Å². The first-order valence-electron chi connectivity index (χ1n) is 11.7. The number of imidazole rings is 1. The standard InChI is InChI=1S/C27H30N6/c1-2-13-29-24(7-1)20-33(25-8-3-5-23-6-4-14-32-27(23)25)19-22-11-9-21(10-12-22)17-28-18-26-30-15-16-31-26/h1-2,4,6-7,9-16,25,28H,3,5,8,17-20H2,(H,30,31). The third kappa shape index (κ3) is 5.53. The van der Waals surface area contributed by atoms with Gasteiger partial charge in [-0.2, -0.15) is 0 Å². The number of fused-ring (bicyclic) bond motifs is 1. The van der Waals surface area contributed by atoms with Crippen LogP contribution in [0.25, 0.3) is 0 Å². The maximum atomic E-state index is 4.80. The summed E-state index contributed by atoms with van der Waals surface area (Å²) in [7, 11) is 0. The molecule has 4 aromatic rings. The molecule has 0 saturated heterocycles. The van der Waals surface area contributed by atoms with Crippen molar-refractivity contribution < 1.29 is 0 Å². The second-order valence-electron chi connectivity index (χ2n) is 8.64. The lowest BCUT2D eigenvalue weighted by atomic mass is 9.90. The quantitative estimate of drug-likeness (QED) is 0.401. The Morgan fingerprint density at radius 1 is 0.848 bits per heavy atom. The minimum atomic E-state index is 0.312. The van der Waals surface area contributed by atoms with E-state index >= 15 is 0 Å². The van der Waals surface area contributed by atoms with Gasteiger partial charge in [-0.05, 0) is 54.2 Å². The summed E-state index contributed by atoms with van der Waals surface area (Å²) >= 11 is 0. The van der Waals surface area contributed by atoms with Crippen LogP contribution in [-0.2, 0) is 32.6 Å². The molecule has 168 valence electrons. The van der Waals surface area contributed by atoms with E-state index in [0.29, 0.717) is 6.04 Å². The molecule has 1 unspecified atom stereocenters. The predicted molar refractivity (Wildman–Crippen MR) is 129 cm³/mol. The van der Waals surface area contributed by atoms with E-state index in [0.717, 1.165) is 50.5 Å². The number of benzene rings is 1. The Morgan fingerprint density at radius 2 is 1.73 bits per heavy atom. The second kappa shape index (κ2) is 10.5. The van der Waals surface area contributed by atoms with Crippen molar-refractivity contribution in [3.05, 3.63) is 113 Å². The lowest BCUT2D eigenvalue weighted by molar-refractivity contribution is 0.155. The molecular formula is C27H30N6. The summed E-state index contributed by atoms with van der Waals surface area (Å²) in [6.07, 6.45) is 10.9. The van der Waals surface area contributed by atoms with E-state index in [4.69, 9.17) is 4.98 Å². The lowest BCUT2D eigenvalue weighted by Gasteiger charge is -2.35. The van der Waals surface area contributed by atoms with Gasteiger partial charge in [0, 0.05) is 44.4 Å². The van der Waals surface area contributed by atoms with Crippen molar-refractivity contribution in [1.29, 1.82) is 0 Å². The first-order chi connectivity index (χ1) is 16.3. The smallest absolute Gasteiger partial charge is 0.120 e. The molecule has 0 fully saturated rings. The van der Waals surface area contributed by atoms with Crippen molar-refractivity contribution in [3.63, 3.8) is 0 Å². The van der Waals surface area contributed by atoms with Crippen LogP contribution in [0, 0.1) is 0 Å². The van der Waals surface area contributed by atoms with Gasteiger partial charge in [-0.3, -0.25) is 14.9 Å². The number of aromatic amines is 1. The van der Waals surface area contributed by atoms with E-state index < -0.39 is 0 Å². The predicted octanol–water partition coefficient (Wildman–Crippen LogP) is 4.57. The Hall–Kier alpha value is -3.35. The molecule has 3 aromatic heterocycles. The van der Waals surface area contributed by atoms with E-state index in [9.17, 15) is 0 Å². The lowest BCUT2D eigenvalue weighted by Crippen LogP contribution is -2.31. The highest BCUT2D eigenvalue weighted by Gasteiger charge is 2.27. The van der Waals surface area contributed by atoms with Crippen molar-refractivity contribution in [1.82, 2.24) is 30.2 Å². The number of hydrogen-bond donors (Lipinski definition) is 2. The molecule has 3 heterocycles. The zero-order valence-electron chi connectivity index (χ0n) is 18.8. The zero-order chi connectivity index (χ0) is 22.3. The molecule has 0 radical (unpaired) electrons. The van der Waals surface area contributed by atoms with Gasteiger partial charge >= 0.3 is 0 Å². The Balaban J connectivity index is 1.30. The van der Waals surface area contributed by atoms with Crippen LogP contribution < -0.4 is 5.32 Å². The molecular weight excluding hydrogens is 408 g/mol. The molecule has 1 atom stereocenters. The highest BCUT2D eigenvalue weighted by atomic mass is 15.2. The molecule has 0 bridgehead atoms. The maximum Gasteiger partial charge on any atom is 0.120 e. The summed E-state index contributed by atoms with van der Waals surface area (Å²) in [4.78, 5) is 19.3. The average molecular weight is 439 g/mol. The summed E-state index contributed by atoms with van der Waals surface area (Å²) in [6.45, 7) is 3.24. The van der Waals surface area contributed by atoms with Gasteiger partial charge in [0.25, 0.3) is 0 Å². The number of aryl methyl sites for hydroxylation is 1. The largest absolute Gasteiger partial charge is 0.348 e.